The van der Waals surface area contributed by atoms with Gasteiger partial charge in [-0.2, -0.15) is 13.2 Å². The third-order valence-corrected chi connectivity index (χ3v) is 8.20. The Morgan fingerprint density at radius 3 is 2.54 bits per heavy atom. The van der Waals surface area contributed by atoms with Gasteiger partial charge in [0.05, 0.1) is 22.8 Å². The molecule has 3 aromatic heterocycles. The van der Waals surface area contributed by atoms with Crippen LogP contribution in [0.25, 0.3) is 10.6 Å². The summed E-state index contributed by atoms with van der Waals surface area (Å²) < 4.78 is 78.7. The number of rotatable bonds is 8. The van der Waals surface area contributed by atoms with Gasteiger partial charge in [0.1, 0.15) is 15.7 Å². The first-order valence-corrected chi connectivity index (χ1v) is 12.7. The SMILES string of the molecule is CCn1c(C(C)NS(=O)(=O)c2ccc(-c3cc(C(F)(F)F)on3)s2)cnc1Oc1ccc(C)cc1. The number of thiophene rings is 1. The molecule has 35 heavy (non-hydrogen) atoms. The van der Waals surface area contributed by atoms with E-state index in [-0.39, 0.29) is 14.8 Å². The number of benzene rings is 1. The Morgan fingerprint density at radius 1 is 1.20 bits per heavy atom. The number of imidazole rings is 1. The first-order valence-electron chi connectivity index (χ1n) is 10.4. The summed E-state index contributed by atoms with van der Waals surface area (Å²) in [5, 5.41) is 3.40. The molecule has 13 heteroatoms. The fourth-order valence-electron chi connectivity index (χ4n) is 3.31. The highest BCUT2D eigenvalue weighted by Gasteiger charge is 2.36. The van der Waals surface area contributed by atoms with Crippen molar-refractivity contribution in [1.29, 1.82) is 0 Å². The molecule has 0 aliphatic carbocycles. The fourth-order valence-corrected chi connectivity index (χ4v) is 5.80. The number of aryl methyl sites for hydroxylation is 1. The van der Waals surface area contributed by atoms with Crippen molar-refractivity contribution in [3.05, 3.63) is 65.7 Å². The average molecular weight is 527 g/mol. The standard InChI is InChI=1S/C22H21F3N4O4S2/c1-4-29-17(12-26-21(29)32-15-7-5-13(2)6-8-15)14(3)28-35(30,31)20-10-9-18(34-20)16-11-19(33-27-16)22(23,24)25/h5-12,14,28H,4H2,1-3H3. The molecule has 0 radical (unpaired) electrons. The number of halogens is 3. The molecule has 1 unspecified atom stereocenters. The quantitative estimate of drug-likeness (QED) is 0.313. The molecule has 0 spiro atoms. The van der Waals surface area contributed by atoms with Crippen LogP contribution in [-0.4, -0.2) is 23.1 Å². The molecule has 0 saturated heterocycles. The largest absolute Gasteiger partial charge is 0.452 e. The number of sulfonamides is 1. The van der Waals surface area contributed by atoms with Gasteiger partial charge in [-0.25, -0.2) is 18.1 Å². The van der Waals surface area contributed by atoms with Crippen molar-refractivity contribution in [2.75, 3.05) is 0 Å². The second-order valence-corrected chi connectivity index (χ2v) is 10.7. The number of ether oxygens (including phenoxy) is 1. The van der Waals surface area contributed by atoms with E-state index in [1.54, 1.807) is 11.5 Å². The molecule has 4 rings (SSSR count). The summed E-state index contributed by atoms with van der Waals surface area (Å²) >= 11 is 0.785. The van der Waals surface area contributed by atoms with Crippen molar-refractivity contribution >= 4 is 21.4 Å². The highest BCUT2D eigenvalue weighted by atomic mass is 32.2. The van der Waals surface area contributed by atoms with Crippen molar-refractivity contribution in [3.8, 4) is 22.3 Å². The molecule has 0 fully saturated rings. The normalized spacial score (nSPS) is 13.2. The van der Waals surface area contributed by atoms with Gasteiger partial charge in [-0.3, -0.25) is 4.57 Å². The summed E-state index contributed by atoms with van der Waals surface area (Å²) in [7, 11) is -3.99. The van der Waals surface area contributed by atoms with Crippen LogP contribution >= 0.6 is 11.3 Å². The zero-order valence-corrected chi connectivity index (χ0v) is 20.5. The van der Waals surface area contributed by atoms with E-state index in [9.17, 15) is 21.6 Å². The predicted octanol–water partition coefficient (Wildman–Crippen LogP) is 5.78. The van der Waals surface area contributed by atoms with Gasteiger partial charge in [-0.1, -0.05) is 22.9 Å². The zero-order chi connectivity index (χ0) is 25.4. The van der Waals surface area contributed by atoms with Crippen molar-refractivity contribution in [2.45, 2.75) is 43.7 Å². The van der Waals surface area contributed by atoms with Crippen LogP contribution in [-0.2, 0) is 22.7 Å². The van der Waals surface area contributed by atoms with E-state index >= 15 is 0 Å². The van der Waals surface area contributed by atoms with E-state index in [4.69, 9.17) is 4.74 Å². The third-order valence-electron chi connectivity index (χ3n) is 5.06. The highest BCUT2D eigenvalue weighted by molar-refractivity contribution is 7.91. The molecule has 1 N–H and O–H groups in total. The summed E-state index contributed by atoms with van der Waals surface area (Å²) in [4.78, 5) is 4.52. The van der Waals surface area contributed by atoms with E-state index in [0.29, 0.717) is 24.0 Å². The van der Waals surface area contributed by atoms with Crippen molar-refractivity contribution in [2.24, 2.45) is 0 Å². The van der Waals surface area contributed by atoms with Crippen LogP contribution in [0.1, 0.15) is 36.9 Å². The Labute approximate surface area is 203 Å². The minimum atomic E-state index is -4.68. The summed E-state index contributed by atoms with van der Waals surface area (Å²) in [5.41, 5.74) is 1.57. The minimum Gasteiger partial charge on any atom is -0.426 e. The average Bonchev–Trinajstić information content (AvgIpc) is 3.53. The summed E-state index contributed by atoms with van der Waals surface area (Å²) in [6, 6.07) is 10.5. The molecule has 0 aliphatic rings. The number of alkyl halides is 3. The topological polar surface area (TPSA) is 99.3 Å². The van der Waals surface area contributed by atoms with Crippen LogP contribution in [0.3, 0.4) is 0 Å². The molecule has 1 aromatic carbocycles. The first-order chi connectivity index (χ1) is 16.5. The number of nitrogens with one attached hydrogen (secondary N) is 1. The zero-order valence-electron chi connectivity index (χ0n) is 18.8. The van der Waals surface area contributed by atoms with E-state index in [1.165, 1.54) is 18.3 Å². The smallest absolute Gasteiger partial charge is 0.426 e. The summed E-state index contributed by atoms with van der Waals surface area (Å²) in [6.45, 7) is 6.00. The fraction of sp³-hybridized carbons (Fsp3) is 0.273. The van der Waals surface area contributed by atoms with Gasteiger partial charge in [-0.05, 0) is 45.0 Å². The molecule has 3 heterocycles. The van der Waals surface area contributed by atoms with Gasteiger partial charge in [0, 0.05) is 12.6 Å². The second-order valence-electron chi connectivity index (χ2n) is 7.66. The molecule has 0 saturated carbocycles. The predicted molar refractivity (Wildman–Crippen MR) is 123 cm³/mol. The lowest BCUT2D eigenvalue weighted by Gasteiger charge is -2.16. The molecular weight excluding hydrogens is 505 g/mol. The molecule has 4 aromatic rings. The summed E-state index contributed by atoms with van der Waals surface area (Å²) in [5.74, 6) is -0.656. The van der Waals surface area contributed by atoms with Crippen LogP contribution in [0.15, 0.2) is 57.4 Å². The molecule has 8 nitrogen and oxygen atoms in total. The number of aromatic nitrogens is 3. The van der Waals surface area contributed by atoms with E-state index < -0.39 is 28.0 Å². The minimum absolute atomic E-state index is 0.0744. The molecule has 0 aliphatic heterocycles. The number of hydrogen-bond acceptors (Lipinski definition) is 7. The molecule has 186 valence electrons. The van der Waals surface area contributed by atoms with E-state index in [2.05, 4.69) is 19.4 Å². The maximum Gasteiger partial charge on any atom is 0.452 e. The van der Waals surface area contributed by atoms with Crippen LogP contribution in [0.5, 0.6) is 11.8 Å². The van der Waals surface area contributed by atoms with Crippen molar-refractivity contribution in [1.82, 2.24) is 19.4 Å². The molecule has 1 atom stereocenters. The summed E-state index contributed by atoms with van der Waals surface area (Å²) in [6.07, 6.45) is -3.15. The van der Waals surface area contributed by atoms with Crippen molar-refractivity contribution in [3.63, 3.8) is 0 Å². The van der Waals surface area contributed by atoms with Crippen molar-refractivity contribution < 1.29 is 30.8 Å². The van der Waals surface area contributed by atoms with Crippen LogP contribution in [0, 0.1) is 6.92 Å². The van der Waals surface area contributed by atoms with Crippen LogP contribution in [0.4, 0.5) is 13.2 Å². The Kier molecular flexibility index (Phi) is 6.75. The van der Waals surface area contributed by atoms with Crippen LogP contribution in [0.2, 0.25) is 0 Å². The Hall–Kier alpha value is -3.16. The van der Waals surface area contributed by atoms with E-state index in [1.807, 2.05) is 38.1 Å². The van der Waals surface area contributed by atoms with Gasteiger partial charge in [0.25, 0.3) is 10.0 Å². The highest BCUT2D eigenvalue weighted by Crippen LogP contribution is 2.35. The second kappa shape index (κ2) is 9.47. The Balaban J connectivity index is 1.52. The maximum absolute atomic E-state index is 13.0. The van der Waals surface area contributed by atoms with E-state index in [0.717, 1.165) is 23.0 Å². The maximum atomic E-state index is 13.0. The monoisotopic (exact) mass is 526 g/mol. The first kappa shape index (κ1) is 24.9. The molecule has 0 amide bonds. The lowest BCUT2D eigenvalue weighted by molar-refractivity contribution is -0.155. The Morgan fingerprint density at radius 2 is 1.91 bits per heavy atom. The van der Waals surface area contributed by atoms with Gasteiger partial charge in [0.15, 0.2) is 0 Å². The lowest BCUT2D eigenvalue weighted by Crippen LogP contribution is -2.27. The number of hydrogen-bond donors (Lipinski definition) is 1. The van der Waals surface area contributed by atoms with Gasteiger partial charge < -0.3 is 9.26 Å². The third kappa shape index (κ3) is 5.41. The molecular formula is C22H21F3N4O4S2. The van der Waals surface area contributed by atoms with Crippen LogP contribution < -0.4 is 9.46 Å². The van der Waals surface area contributed by atoms with Gasteiger partial charge >= 0.3 is 12.2 Å². The molecule has 0 bridgehead atoms. The lowest BCUT2D eigenvalue weighted by atomic mass is 10.2. The number of nitrogens with zero attached hydrogens (tertiary/aromatic N) is 3. The Bertz CT molecular complexity index is 1420. The van der Waals surface area contributed by atoms with Gasteiger partial charge in [-0.15, -0.1) is 11.3 Å². The van der Waals surface area contributed by atoms with Gasteiger partial charge in [0.2, 0.25) is 5.76 Å².